The quantitative estimate of drug-likeness (QED) is 0.816. The Bertz CT molecular complexity index is 469. The first-order chi connectivity index (χ1) is 8.52. The van der Waals surface area contributed by atoms with Gasteiger partial charge in [-0.05, 0) is 49.5 Å². The number of carbonyl (C=O) groups excluding carboxylic acids is 1. The molecule has 1 aromatic rings. The van der Waals surface area contributed by atoms with Crippen LogP contribution < -0.4 is 0 Å². The van der Waals surface area contributed by atoms with Gasteiger partial charge in [-0.25, -0.2) is 4.79 Å². The van der Waals surface area contributed by atoms with Gasteiger partial charge < -0.3 is 9.84 Å². The molecule has 1 aliphatic carbocycles. The molecule has 0 radical (unpaired) electrons. The van der Waals surface area contributed by atoms with Crippen LogP contribution in [-0.4, -0.2) is 23.8 Å². The van der Waals surface area contributed by atoms with E-state index in [-0.39, 0.29) is 5.97 Å². The maximum Gasteiger partial charge on any atom is 0.337 e. The third-order valence-electron chi connectivity index (χ3n) is 3.40. The molecule has 0 aliphatic heterocycles. The summed E-state index contributed by atoms with van der Waals surface area (Å²) in [6, 6.07) is 7.40. The summed E-state index contributed by atoms with van der Waals surface area (Å²) >= 11 is 0. The summed E-state index contributed by atoms with van der Waals surface area (Å²) in [5, 5.41) is 9.88. The molecule has 0 aromatic heterocycles. The molecular weight excluding hydrogens is 228 g/mol. The summed E-state index contributed by atoms with van der Waals surface area (Å²) in [5.74, 6) is -0.317. The Morgan fingerprint density at radius 2 is 2.00 bits per heavy atom. The number of methoxy groups -OCH3 is 1. The molecule has 3 nitrogen and oxygen atoms in total. The molecule has 1 unspecified atom stereocenters. The molecule has 0 spiro atoms. The molecule has 1 aromatic carbocycles. The van der Waals surface area contributed by atoms with Gasteiger partial charge in [-0.3, -0.25) is 0 Å². The number of rotatable bonds is 2. The molecule has 0 saturated carbocycles. The van der Waals surface area contributed by atoms with Gasteiger partial charge in [0, 0.05) is 0 Å². The van der Waals surface area contributed by atoms with Crippen LogP contribution in [0, 0.1) is 0 Å². The monoisotopic (exact) mass is 246 g/mol. The summed E-state index contributed by atoms with van der Waals surface area (Å²) in [4.78, 5) is 11.3. The number of hydrogen-bond donors (Lipinski definition) is 1. The normalized spacial score (nSPS) is 23.4. The lowest BCUT2D eigenvalue weighted by Gasteiger charge is -2.27. The zero-order valence-corrected chi connectivity index (χ0v) is 10.8. The number of esters is 1. The van der Waals surface area contributed by atoms with Crippen molar-refractivity contribution >= 4 is 11.5 Å². The Morgan fingerprint density at radius 1 is 1.33 bits per heavy atom. The fourth-order valence-electron chi connectivity index (χ4n) is 2.15. The molecule has 0 amide bonds. The van der Waals surface area contributed by atoms with Crippen LogP contribution >= 0.6 is 0 Å². The highest BCUT2D eigenvalue weighted by Gasteiger charge is 2.23. The molecule has 0 bridgehead atoms. The highest BCUT2D eigenvalue weighted by atomic mass is 16.5. The summed E-state index contributed by atoms with van der Waals surface area (Å²) in [6.45, 7) is 1.86. The number of hydrogen-bond acceptors (Lipinski definition) is 3. The standard InChI is InChI=1S/C15H18O3/c1-15(17)9-7-12(8-10-15)11-3-5-13(6-4-11)14(16)18-2/h3-7,17H,8-10H2,1-2H3. The van der Waals surface area contributed by atoms with Crippen LogP contribution in [0.5, 0.6) is 0 Å². The SMILES string of the molecule is COC(=O)c1ccc(C2=CCC(C)(O)CC2)cc1. The van der Waals surface area contributed by atoms with Crippen LogP contribution in [0.2, 0.25) is 0 Å². The Morgan fingerprint density at radius 3 is 2.50 bits per heavy atom. The van der Waals surface area contributed by atoms with Crippen LogP contribution in [-0.2, 0) is 4.74 Å². The molecular formula is C15H18O3. The van der Waals surface area contributed by atoms with Crippen molar-refractivity contribution in [2.75, 3.05) is 7.11 Å². The van der Waals surface area contributed by atoms with Gasteiger partial charge in [-0.2, -0.15) is 0 Å². The lowest BCUT2D eigenvalue weighted by Crippen LogP contribution is -2.25. The molecule has 1 N–H and O–H groups in total. The van der Waals surface area contributed by atoms with Crippen molar-refractivity contribution in [1.82, 2.24) is 0 Å². The molecule has 0 heterocycles. The molecule has 1 atom stereocenters. The van der Waals surface area contributed by atoms with Crippen molar-refractivity contribution in [2.45, 2.75) is 31.8 Å². The highest BCUT2D eigenvalue weighted by Crippen LogP contribution is 2.32. The second-order valence-electron chi connectivity index (χ2n) is 5.00. The van der Waals surface area contributed by atoms with E-state index in [1.165, 1.54) is 12.7 Å². The van der Waals surface area contributed by atoms with Gasteiger partial charge in [0.1, 0.15) is 0 Å². The van der Waals surface area contributed by atoms with Crippen LogP contribution in [0.4, 0.5) is 0 Å². The van der Waals surface area contributed by atoms with E-state index in [0.29, 0.717) is 12.0 Å². The maximum absolute atomic E-state index is 11.3. The lowest BCUT2D eigenvalue weighted by molar-refractivity contribution is 0.0523. The molecule has 0 fully saturated rings. The Hall–Kier alpha value is -1.61. The third kappa shape index (κ3) is 2.79. The number of ether oxygens (including phenoxy) is 1. The van der Waals surface area contributed by atoms with Gasteiger partial charge in [0.15, 0.2) is 0 Å². The lowest BCUT2D eigenvalue weighted by atomic mass is 9.84. The topological polar surface area (TPSA) is 46.5 Å². The van der Waals surface area contributed by atoms with Gasteiger partial charge >= 0.3 is 5.97 Å². The predicted octanol–water partition coefficient (Wildman–Crippen LogP) is 2.79. The zero-order chi connectivity index (χ0) is 13.2. The number of allylic oxidation sites excluding steroid dienone is 1. The van der Waals surface area contributed by atoms with Gasteiger partial charge in [-0.1, -0.05) is 18.2 Å². The maximum atomic E-state index is 11.3. The summed E-state index contributed by atoms with van der Waals surface area (Å²) in [6.07, 6.45) is 4.40. The zero-order valence-electron chi connectivity index (χ0n) is 10.8. The van der Waals surface area contributed by atoms with Gasteiger partial charge in [-0.15, -0.1) is 0 Å². The molecule has 96 valence electrons. The first-order valence-electron chi connectivity index (χ1n) is 6.12. The van der Waals surface area contributed by atoms with Crippen LogP contribution in [0.3, 0.4) is 0 Å². The Balaban J connectivity index is 2.16. The summed E-state index contributed by atoms with van der Waals surface area (Å²) in [5.41, 5.74) is 2.33. The first kappa shape index (κ1) is 12.8. The third-order valence-corrected chi connectivity index (χ3v) is 3.40. The molecule has 2 rings (SSSR count). The fraction of sp³-hybridized carbons (Fsp3) is 0.400. The highest BCUT2D eigenvalue weighted by molar-refractivity contribution is 5.89. The van der Waals surface area contributed by atoms with Crippen LogP contribution in [0.15, 0.2) is 30.3 Å². The number of carbonyl (C=O) groups is 1. The van der Waals surface area contributed by atoms with Crippen molar-refractivity contribution in [2.24, 2.45) is 0 Å². The molecule has 1 aliphatic rings. The van der Waals surface area contributed by atoms with E-state index in [1.54, 1.807) is 12.1 Å². The first-order valence-corrected chi connectivity index (χ1v) is 6.12. The van der Waals surface area contributed by atoms with Gasteiger partial charge in [0.25, 0.3) is 0 Å². The summed E-state index contributed by atoms with van der Waals surface area (Å²) < 4.78 is 4.66. The van der Waals surface area contributed by atoms with Crippen LogP contribution in [0.1, 0.15) is 42.1 Å². The fourth-order valence-corrected chi connectivity index (χ4v) is 2.15. The van der Waals surface area contributed by atoms with Crippen molar-refractivity contribution in [3.63, 3.8) is 0 Å². The van der Waals surface area contributed by atoms with E-state index in [9.17, 15) is 9.90 Å². The van der Waals surface area contributed by atoms with E-state index in [2.05, 4.69) is 10.8 Å². The Kier molecular flexibility index (Phi) is 3.53. The second-order valence-corrected chi connectivity index (χ2v) is 5.00. The average Bonchev–Trinajstić information content (AvgIpc) is 2.38. The largest absolute Gasteiger partial charge is 0.465 e. The average molecular weight is 246 g/mol. The number of aliphatic hydroxyl groups is 1. The predicted molar refractivity (Wildman–Crippen MR) is 70.2 cm³/mol. The minimum absolute atomic E-state index is 0.317. The van der Waals surface area contributed by atoms with Crippen molar-refractivity contribution < 1.29 is 14.6 Å². The van der Waals surface area contributed by atoms with Gasteiger partial charge in [0.2, 0.25) is 0 Å². The van der Waals surface area contributed by atoms with Crippen molar-refractivity contribution in [3.8, 4) is 0 Å². The second kappa shape index (κ2) is 4.94. The Labute approximate surface area is 107 Å². The molecule has 0 saturated heterocycles. The van der Waals surface area contributed by atoms with Crippen LogP contribution in [0.25, 0.3) is 5.57 Å². The van der Waals surface area contributed by atoms with E-state index in [0.717, 1.165) is 18.4 Å². The van der Waals surface area contributed by atoms with E-state index in [1.807, 2.05) is 19.1 Å². The summed E-state index contributed by atoms with van der Waals surface area (Å²) in [7, 11) is 1.38. The van der Waals surface area contributed by atoms with E-state index in [4.69, 9.17) is 0 Å². The van der Waals surface area contributed by atoms with E-state index < -0.39 is 5.60 Å². The number of benzene rings is 1. The molecule has 3 heteroatoms. The molecule has 18 heavy (non-hydrogen) atoms. The van der Waals surface area contributed by atoms with Crippen molar-refractivity contribution in [1.29, 1.82) is 0 Å². The minimum Gasteiger partial charge on any atom is -0.465 e. The van der Waals surface area contributed by atoms with Gasteiger partial charge in [0.05, 0.1) is 18.3 Å². The van der Waals surface area contributed by atoms with Crippen molar-refractivity contribution in [3.05, 3.63) is 41.5 Å². The smallest absolute Gasteiger partial charge is 0.337 e. The van der Waals surface area contributed by atoms with E-state index >= 15 is 0 Å². The minimum atomic E-state index is -0.574.